The molecular weight excluding hydrogens is 512 g/mol. The smallest absolute Gasteiger partial charge is 0.406 e. The standard InChI is InChI=1S/C23H27F6N3O3S/c1-2-10-32(13-15-6-7-15)18(33)12-17-31-20(22(24,25)26)19(36-17)21(34)30-9-8-14-4-3-5-16(11-14)35-23(27,28)29/h3-5,11,15,18,33H,2,6-10,12-13H2,1H3,(H,30,34). The van der Waals surface area contributed by atoms with Crippen LogP contribution in [0.25, 0.3) is 0 Å². The summed E-state index contributed by atoms with van der Waals surface area (Å²) in [5, 5.41) is 13.0. The maximum atomic E-state index is 13.6. The number of aromatic nitrogens is 1. The van der Waals surface area contributed by atoms with Crippen LogP contribution in [-0.4, -0.2) is 53.1 Å². The predicted octanol–water partition coefficient (Wildman–Crippen LogP) is 5.02. The van der Waals surface area contributed by atoms with Crippen LogP contribution < -0.4 is 10.1 Å². The van der Waals surface area contributed by atoms with Gasteiger partial charge in [0.15, 0.2) is 5.69 Å². The highest BCUT2D eigenvalue weighted by Gasteiger charge is 2.40. The zero-order valence-corrected chi connectivity index (χ0v) is 20.3. The minimum Gasteiger partial charge on any atom is -0.406 e. The van der Waals surface area contributed by atoms with Gasteiger partial charge in [-0.2, -0.15) is 13.2 Å². The summed E-state index contributed by atoms with van der Waals surface area (Å²) in [5.74, 6) is -0.947. The van der Waals surface area contributed by atoms with Crippen LogP contribution in [-0.2, 0) is 19.0 Å². The van der Waals surface area contributed by atoms with Gasteiger partial charge in [-0.25, -0.2) is 4.98 Å². The molecule has 1 aliphatic carbocycles. The molecule has 2 aromatic rings. The minimum atomic E-state index is -4.87. The number of nitrogens with one attached hydrogen (secondary N) is 1. The van der Waals surface area contributed by atoms with Crippen molar-refractivity contribution < 1.29 is 41.0 Å². The van der Waals surface area contributed by atoms with E-state index in [4.69, 9.17) is 0 Å². The van der Waals surface area contributed by atoms with E-state index in [1.165, 1.54) is 12.1 Å². The maximum absolute atomic E-state index is 13.6. The molecule has 0 radical (unpaired) electrons. The van der Waals surface area contributed by atoms with E-state index >= 15 is 0 Å². The Morgan fingerprint density at radius 3 is 2.61 bits per heavy atom. The highest BCUT2D eigenvalue weighted by Crippen LogP contribution is 2.35. The number of ether oxygens (including phenoxy) is 1. The summed E-state index contributed by atoms with van der Waals surface area (Å²) in [6.07, 6.45) is -7.91. The van der Waals surface area contributed by atoms with Gasteiger partial charge in [-0.15, -0.1) is 24.5 Å². The van der Waals surface area contributed by atoms with Crippen LogP contribution in [0.15, 0.2) is 24.3 Å². The summed E-state index contributed by atoms with van der Waals surface area (Å²) >= 11 is 0.573. The van der Waals surface area contributed by atoms with E-state index in [2.05, 4.69) is 15.0 Å². The van der Waals surface area contributed by atoms with E-state index in [1.807, 2.05) is 11.8 Å². The van der Waals surface area contributed by atoms with Gasteiger partial charge in [-0.3, -0.25) is 9.69 Å². The lowest BCUT2D eigenvalue weighted by Crippen LogP contribution is -2.38. The van der Waals surface area contributed by atoms with Gasteiger partial charge in [0.1, 0.15) is 16.9 Å². The number of benzene rings is 1. The topological polar surface area (TPSA) is 74.7 Å². The molecule has 1 heterocycles. The van der Waals surface area contributed by atoms with Crippen LogP contribution in [0.3, 0.4) is 0 Å². The first kappa shape index (κ1) is 28.2. The van der Waals surface area contributed by atoms with Gasteiger partial charge < -0.3 is 15.2 Å². The van der Waals surface area contributed by atoms with Gasteiger partial charge in [0.05, 0.1) is 5.01 Å². The fourth-order valence-corrected chi connectivity index (χ4v) is 4.69. The van der Waals surface area contributed by atoms with E-state index in [1.54, 1.807) is 0 Å². The molecule has 2 N–H and O–H groups in total. The molecule has 1 aromatic heterocycles. The fraction of sp³-hybridized carbons (Fsp3) is 0.565. The minimum absolute atomic E-state index is 0.00567. The summed E-state index contributed by atoms with van der Waals surface area (Å²) in [6.45, 7) is 3.08. The second kappa shape index (κ2) is 11.8. The summed E-state index contributed by atoms with van der Waals surface area (Å²) in [7, 11) is 0. The Morgan fingerprint density at radius 2 is 2.00 bits per heavy atom. The van der Waals surface area contributed by atoms with Crippen LogP contribution in [0.2, 0.25) is 0 Å². The first-order valence-corrected chi connectivity index (χ1v) is 12.3. The quantitative estimate of drug-likeness (QED) is 0.293. The van der Waals surface area contributed by atoms with Gasteiger partial charge in [-0.1, -0.05) is 19.1 Å². The third-order valence-corrected chi connectivity index (χ3v) is 6.53. The Balaban J connectivity index is 1.64. The molecule has 0 aliphatic heterocycles. The van der Waals surface area contributed by atoms with Crippen molar-refractivity contribution in [2.24, 2.45) is 5.92 Å². The largest absolute Gasteiger partial charge is 0.573 e. The van der Waals surface area contributed by atoms with E-state index < -0.39 is 41.0 Å². The molecule has 13 heteroatoms. The number of hydrogen-bond donors (Lipinski definition) is 2. The monoisotopic (exact) mass is 539 g/mol. The van der Waals surface area contributed by atoms with Crippen molar-refractivity contribution in [1.82, 2.24) is 15.2 Å². The summed E-state index contributed by atoms with van der Waals surface area (Å²) in [6, 6.07) is 5.10. The lowest BCUT2D eigenvalue weighted by molar-refractivity contribution is -0.274. The molecule has 200 valence electrons. The Hall–Kier alpha value is -2.38. The Morgan fingerprint density at radius 1 is 1.28 bits per heavy atom. The van der Waals surface area contributed by atoms with Crippen molar-refractivity contribution >= 4 is 17.2 Å². The molecule has 6 nitrogen and oxygen atoms in total. The van der Waals surface area contributed by atoms with Crippen molar-refractivity contribution in [3.8, 4) is 5.75 Å². The lowest BCUT2D eigenvalue weighted by atomic mass is 10.1. The number of halogens is 6. The molecule has 1 unspecified atom stereocenters. The second-order valence-electron chi connectivity index (χ2n) is 8.61. The lowest BCUT2D eigenvalue weighted by Gasteiger charge is -2.26. The zero-order valence-electron chi connectivity index (χ0n) is 19.5. The predicted molar refractivity (Wildman–Crippen MR) is 121 cm³/mol. The van der Waals surface area contributed by atoms with Crippen LogP contribution in [0.4, 0.5) is 26.3 Å². The van der Waals surface area contributed by atoms with Crippen LogP contribution in [0.5, 0.6) is 5.75 Å². The van der Waals surface area contributed by atoms with E-state index in [-0.39, 0.29) is 24.4 Å². The Kier molecular flexibility index (Phi) is 9.23. The molecule has 0 bridgehead atoms. The number of alkyl halides is 6. The Labute approximate surface area is 208 Å². The molecule has 1 fully saturated rings. The molecule has 1 saturated carbocycles. The number of amides is 1. The molecule has 1 amide bonds. The van der Waals surface area contributed by atoms with E-state index in [0.29, 0.717) is 35.9 Å². The third kappa shape index (κ3) is 8.63. The number of nitrogens with zero attached hydrogens (tertiary/aromatic N) is 2. The van der Waals surface area contributed by atoms with Crippen molar-refractivity contribution in [3.05, 3.63) is 45.4 Å². The zero-order chi connectivity index (χ0) is 26.5. The van der Waals surface area contributed by atoms with E-state index in [9.17, 15) is 36.2 Å². The number of thiazole rings is 1. The van der Waals surface area contributed by atoms with Crippen LogP contribution in [0.1, 0.15) is 52.1 Å². The van der Waals surface area contributed by atoms with Crippen molar-refractivity contribution in [2.45, 2.75) is 57.8 Å². The normalized spacial score (nSPS) is 15.2. The first-order chi connectivity index (χ1) is 16.9. The average molecular weight is 540 g/mol. The van der Waals surface area contributed by atoms with Crippen LogP contribution in [0, 0.1) is 5.92 Å². The van der Waals surface area contributed by atoms with Crippen molar-refractivity contribution in [1.29, 1.82) is 0 Å². The number of aliphatic hydroxyl groups excluding tert-OH is 1. The molecule has 1 aromatic carbocycles. The number of rotatable bonds is 12. The summed E-state index contributed by atoms with van der Waals surface area (Å²) in [4.78, 5) is 17.4. The molecule has 3 rings (SSSR count). The first-order valence-electron chi connectivity index (χ1n) is 11.5. The second-order valence-corrected chi connectivity index (χ2v) is 9.69. The maximum Gasteiger partial charge on any atom is 0.573 e. The summed E-state index contributed by atoms with van der Waals surface area (Å²) < 4.78 is 81.7. The number of hydrogen-bond acceptors (Lipinski definition) is 6. The van der Waals surface area contributed by atoms with Crippen molar-refractivity contribution in [2.75, 3.05) is 19.6 Å². The van der Waals surface area contributed by atoms with Crippen molar-refractivity contribution in [3.63, 3.8) is 0 Å². The van der Waals surface area contributed by atoms with Crippen LogP contribution >= 0.6 is 11.3 Å². The average Bonchev–Trinajstić information content (AvgIpc) is 3.47. The molecule has 1 aliphatic rings. The third-order valence-electron chi connectivity index (χ3n) is 5.46. The number of carbonyl (C=O) groups excluding carboxylic acids is 1. The van der Waals surface area contributed by atoms with Gasteiger partial charge in [0, 0.05) is 26.1 Å². The van der Waals surface area contributed by atoms with Gasteiger partial charge in [0.2, 0.25) is 0 Å². The summed E-state index contributed by atoms with van der Waals surface area (Å²) in [5.41, 5.74) is -0.926. The van der Waals surface area contributed by atoms with Gasteiger partial charge in [0.25, 0.3) is 5.91 Å². The highest BCUT2D eigenvalue weighted by molar-refractivity contribution is 7.13. The molecule has 36 heavy (non-hydrogen) atoms. The molecule has 0 saturated heterocycles. The SMILES string of the molecule is CCCN(CC1CC1)C(O)Cc1nc(C(F)(F)F)c(C(=O)NCCc2cccc(OC(F)(F)F)c2)s1. The number of aliphatic hydroxyl groups is 1. The van der Waals surface area contributed by atoms with E-state index in [0.717, 1.165) is 31.4 Å². The molecule has 1 atom stereocenters. The highest BCUT2D eigenvalue weighted by atomic mass is 32.1. The Bertz CT molecular complexity index is 1020. The molecule has 0 spiro atoms. The van der Waals surface area contributed by atoms with Gasteiger partial charge in [-0.05, 0) is 49.3 Å². The fourth-order valence-electron chi connectivity index (χ4n) is 3.66. The molecular formula is C23H27F6N3O3S. The van der Waals surface area contributed by atoms with Gasteiger partial charge >= 0.3 is 12.5 Å². The number of carbonyl (C=O) groups is 1.